The number of phenols is 1. The molecular formula is C13H20N2O3. The fourth-order valence-electron chi connectivity index (χ4n) is 1.69. The summed E-state index contributed by atoms with van der Waals surface area (Å²) < 4.78 is 5.31. The molecule has 1 amide bonds. The Kier molecular flexibility index (Phi) is 5.45. The van der Waals surface area contributed by atoms with Crippen LogP contribution in [0, 0.1) is 0 Å². The number of hydrogen-bond acceptors (Lipinski definition) is 4. The number of carbonyl (C=O) groups excluding carboxylic acids is 1. The lowest BCUT2D eigenvalue weighted by Crippen LogP contribution is -2.33. The van der Waals surface area contributed by atoms with Gasteiger partial charge in [-0.2, -0.15) is 0 Å². The number of likely N-dealkylation sites (N-methyl/N-ethyl adjacent to an activating group) is 1. The van der Waals surface area contributed by atoms with Gasteiger partial charge in [-0.05, 0) is 31.2 Å². The van der Waals surface area contributed by atoms with Gasteiger partial charge < -0.3 is 15.6 Å². The van der Waals surface area contributed by atoms with Gasteiger partial charge in [0.15, 0.2) is 11.5 Å². The molecule has 0 heterocycles. The topological polar surface area (TPSA) is 75.8 Å². The molecule has 0 saturated carbocycles. The Balaban J connectivity index is 2.76. The quantitative estimate of drug-likeness (QED) is 0.762. The Morgan fingerprint density at radius 2 is 2.17 bits per heavy atom. The van der Waals surface area contributed by atoms with E-state index in [1.54, 1.807) is 12.1 Å². The van der Waals surface area contributed by atoms with Crippen molar-refractivity contribution in [1.29, 1.82) is 0 Å². The van der Waals surface area contributed by atoms with Gasteiger partial charge in [-0.15, -0.1) is 0 Å². The van der Waals surface area contributed by atoms with E-state index in [0.717, 1.165) is 12.1 Å². The number of amides is 1. The number of primary amides is 1. The SMILES string of the molecule is CCOc1cc(CN(CC)CC(N)=O)ccc1O. The number of carbonyl (C=O) groups is 1. The minimum Gasteiger partial charge on any atom is -0.504 e. The largest absolute Gasteiger partial charge is 0.504 e. The second kappa shape index (κ2) is 6.86. The Labute approximate surface area is 107 Å². The van der Waals surface area contributed by atoms with Crippen LogP contribution in [0.4, 0.5) is 0 Å². The van der Waals surface area contributed by atoms with Gasteiger partial charge in [0.2, 0.25) is 5.91 Å². The summed E-state index contributed by atoms with van der Waals surface area (Å²) in [6.45, 7) is 5.87. The third kappa shape index (κ3) is 4.25. The predicted molar refractivity (Wildman–Crippen MR) is 69.4 cm³/mol. The fourth-order valence-corrected chi connectivity index (χ4v) is 1.69. The van der Waals surface area contributed by atoms with Gasteiger partial charge in [0.1, 0.15) is 0 Å². The molecule has 0 radical (unpaired) electrons. The highest BCUT2D eigenvalue weighted by atomic mass is 16.5. The molecule has 5 nitrogen and oxygen atoms in total. The van der Waals surface area contributed by atoms with Crippen LogP contribution in [0.25, 0.3) is 0 Å². The molecule has 0 aromatic heterocycles. The van der Waals surface area contributed by atoms with E-state index in [9.17, 15) is 9.90 Å². The fraction of sp³-hybridized carbons (Fsp3) is 0.462. The zero-order valence-corrected chi connectivity index (χ0v) is 10.8. The summed E-state index contributed by atoms with van der Waals surface area (Å²) in [6.07, 6.45) is 0. The summed E-state index contributed by atoms with van der Waals surface area (Å²) in [5.41, 5.74) is 6.15. The molecule has 3 N–H and O–H groups in total. The molecule has 0 unspecified atom stereocenters. The van der Waals surface area contributed by atoms with Crippen molar-refractivity contribution in [2.75, 3.05) is 19.7 Å². The number of phenolic OH excluding ortho intramolecular Hbond substituents is 1. The highest BCUT2D eigenvalue weighted by Gasteiger charge is 2.09. The highest BCUT2D eigenvalue weighted by molar-refractivity contribution is 5.75. The summed E-state index contributed by atoms with van der Waals surface area (Å²) in [6, 6.07) is 5.18. The Bertz CT molecular complexity index is 407. The average molecular weight is 252 g/mol. The second-order valence-electron chi connectivity index (χ2n) is 4.00. The lowest BCUT2D eigenvalue weighted by Gasteiger charge is -2.19. The predicted octanol–water partition coefficient (Wildman–Crippen LogP) is 1.10. The molecule has 5 heteroatoms. The first kappa shape index (κ1) is 14.3. The van der Waals surface area contributed by atoms with E-state index in [4.69, 9.17) is 10.5 Å². The molecule has 1 aromatic carbocycles. The Morgan fingerprint density at radius 1 is 1.44 bits per heavy atom. The minimum atomic E-state index is -0.347. The van der Waals surface area contributed by atoms with Crippen LogP contribution in [-0.2, 0) is 11.3 Å². The first-order valence-corrected chi connectivity index (χ1v) is 6.02. The van der Waals surface area contributed by atoms with Crippen molar-refractivity contribution in [3.05, 3.63) is 23.8 Å². The van der Waals surface area contributed by atoms with Gasteiger partial charge >= 0.3 is 0 Å². The molecule has 100 valence electrons. The third-order valence-corrected chi connectivity index (χ3v) is 2.56. The van der Waals surface area contributed by atoms with Crippen molar-refractivity contribution in [2.45, 2.75) is 20.4 Å². The molecule has 1 rings (SSSR count). The Morgan fingerprint density at radius 3 is 2.72 bits per heavy atom. The lowest BCUT2D eigenvalue weighted by molar-refractivity contribution is -0.119. The molecule has 0 aliphatic heterocycles. The standard InChI is InChI=1S/C13H20N2O3/c1-3-15(9-13(14)17)8-10-5-6-11(16)12(7-10)18-4-2/h5-7,16H,3-4,8-9H2,1-2H3,(H2,14,17). The van der Waals surface area contributed by atoms with Crippen LogP contribution >= 0.6 is 0 Å². The second-order valence-corrected chi connectivity index (χ2v) is 4.00. The maximum absolute atomic E-state index is 10.9. The van der Waals surface area contributed by atoms with Crippen LogP contribution in [0.1, 0.15) is 19.4 Å². The Hall–Kier alpha value is -1.75. The van der Waals surface area contributed by atoms with E-state index in [1.807, 2.05) is 24.8 Å². The number of ether oxygens (including phenoxy) is 1. The number of nitrogens with two attached hydrogens (primary N) is 1. The van der Waals surface area contributed by atoms with Gasteiger partial charge in [0.05, 0.1) is 13.2 Å². The number of aromatic hydroxyl groups is 1. The molecular weight excluding hydrogens is 232 g/mol. The maximum atomic E-state index is 10.9. The van der Waals surface area contributed by atoms with Crippen LogP contribution in [0.5, 0.6) is 11.5 Å². The normalized spacial score (nSPS) is 10.6. The molecule has 0 aliphatic rings. The molecule has 0 bridgehead atoms. The van der Waals surface area contributed by atoms with E-state index < -0.39 is 0 Å². The van der Waals surface area contributed by atoms with Crippen LogP contribution < -0.4 is 10.5 Å². The van der Waals surface area contributed by atoms with Crippen molar-refractivity contribution in [3.63, 3.8) is 0 Å². The molecule has 1 aromatic rings. The van der Waals surface area contributed by atoms with Gasteiger partial charge in [0, 0.05) is 6.54 Å². The summed E-state index contributed by atoms with van der Waals surface area (Å²) in [4.78, 5) is 12.8. The third-order valence-electron chi connectivity index (χ3n) is 2.56. The van der Waals surface area contributed by atoms with Gasteiger partial charge in [-0.25, -0.2) is 0 Å². The summed E-state index contributed by atoms with van der Waals surface area (Å²) in [7, 11) is 0. The number of benzene rings is 1. The molecule has 0 fully saturated rings. The van der Waals surface area contributed by atoms with E-state index >= 15 is 0 Å². The smallest absolute Gasteiger partial charge is 0.231 e. The van der Waals surface area contributed by atoms with Crippen molar-refractivity contribution < 1.29 is 14.6 Å². The molecule has 0 aliphatic carbocycles. The van der Waals surface area contributed by atoms with Crippen molar-refractivity contribution in [3.8, 4) is 11.5 Å². The maximum Gasteiger partial charge on any atom is 0.231 e. The zero-order chi connectivity index (χ0) is 13.5. The number of hydrogen-bond donors (Lipinski definition) is 2. The average Bonchev–Trinajstić information content (AvgIpc) is 2.32. The van der Waals surface area contributed by atoms with Crippen molar-refractivity contribution >= 4 is 5.91 Å². The number of nitrogens with zero attached hydrogens (tertiary/aromatic N) is 1. The van der Waals surface area contributed by atoms with Gasteiger partial charge in [-0.1, -0.05) is 13.0 Å². The van der Waals surface area contributed by atoms with Gasteiger partial charge in [0.25, 0.3) is 0 Å². The highest BCUT2D eigenvalue weighted by Crippen LogP contribution is 2.27. The first-order chi connectivity index (χ1) is 8.56. The van der Waals surface area contributed by atoms with E-state index in [2.05, 4.69) is 0 Å². The molecule has 0 atom stereocenters. The van der Waals surface area contributed by atoms with Gasteiger partial charge in [-0.3, -0.25) is 9.69 Å². The van der Waals surface area contributed by atoms with Crippen LogP contribution in [-0.4, -0.2) is 35.6 Å². The van der Waals surface area contributed by atoms with Crippen molar-refractivity contribution in [1.82, 2.24) is 4.90 Å². The number of rotatable bonds is 7. The minimum absolute atomic E-state index is 0.124. The van der Waals surface area contributed by atoms with E-state index in [-0.39, 0.29) is 18.2 Å². The van der Waals surface area contributed by atoms with Crippen LogP contribution in [0.3, 0.4) is 0 Å². The lowest BCUT2D eigenvalue weighted by atomic mass is 10.2. The molecule has 0 saturated heterocycles. The summed E-state index contributed by atoms with van der Waals surface area (Å²) >= 11 is 0. The molecule has 18 heavy (non-hydrogen) atoms. The van der Waals surface area contributed by atoms with E-state index in [0.29, 0.717) is 18.9 Å². The van der Waals surface area contributed by atoms with Crippen LogP contribution in [0.15, 0.2) is 18.2 Å². The summed E-state index contributed by atoms with van der Waals surface area (Å²) in [5, 5.41) is 9.59. The molecule has 0 spiro atoms. The van der Waals surface area contributed by atoms with E-state index in [1.165, 1.54) is 0 Å². The monoisotopic (exact) mass is 252 g/mol. The first-order valence-electron chi connectivity index (χ1n) is 6.02. The summed E-state index contributed by atoms with van der Waals surface area (Å²) in [5.74, 6) is 0.240. The van der Waals surface area contributed by atoms with Crippen LogP contribution in [0.2, 0.25) is 0 Å². The zero-order valence-electron chi connectivity index (χ0n) is 10.8. The van der Waals surface area contributed by atoms with Crippen molar-refractivity contribution in [2.24, 2.45) is 5.73 Å².